The molecule has 176 valence electrons. The molecule has 2 aromatic carbocycles. The number of nitrogens with zero attached hydrogens (tertiary/aromatic N) is 2. The number of thiophene rings is 1. The molecule has 2 aromatic heterocycles. The van der Waals surface area contributed by atoms with Crippen molar-refractivity contribution < 1.29 is 14.3 Å². The monoisotopic (exact) mass is 477 g/mol. The molecule has 7 nitrogen and oxygen atoms in total. The normalized spacial score (nSPS) is 10.9. The molecule has 0 atom stereocenters. The lowest BCUT2D eigenvalue weighted by atomic mass is 10.0. The predicted molar refractivity (Wildman–Crippen MR) is 136 cm³/mol. The van der Waals surface area contributed by atoms with Gasteiger partial charge in [-0.1, -0.05) is 38.1 Å². The quantitative estimate of drug-likeness (QED) is 0.390. The van der Waals surface area contributed by atoms with E-state index in [1.807, 2.05) is 35.7 Å². The molecule has 1 amide bonds. The number of carbonyl (C=O) groups is 1. The molecule has 0 saturated heterocycles. The second kappa shape index (κ2) is 10.1. The first-order valence-electron chi connectivity index (χ1n) is 11.1. The maximum absolute atomic E-state index is 13.4. The second-order valence-corrected chi connectivity index (χ2v) is 8.64. The molecule has 0 saturated carbocycles. The van der Waals surface area contributed by atoms with Crippen LogP contribution < -0.4 is 20.3 Å². The fourth-order valence-corrected chi connectivity index (χ4v) is 4.94. The van der Waals surface area contributed by atoms with Crippen molar-refractivity contribution in [3.05, 3.63) is 69.6 Å². The second-order valence-electron chi connectivity index (χ2n) is 7.78. The summed E-state index contributed by atoms with van der Waals surface area (Å²) in [5.74, 6) is 0.919. The molecule has 0 aliphatic rings. The molecule has 1 N–H and O–H groups in total. The Balaban J connectivity index is 1.68. The standard InChI is InChI=1S/C26H27N3O4S/c1-5-16-8-7-9-17(6-2)24(16)28-22(30)13-29-15-27-25-23(26(29)31)19(14-34-25)18-10-11-20(32-3)21(12-18)33-4/h7-12,14-15H,5-6,13H2,1-4H3,(H,28,30). The molecular formula is C26H27N3O4S. The Morgan fingerprint density at radius 3 is 2.41 bits per heavy atom. The maximum Gasteiger partial charge on any atom is 0.263 e. The van der Waals surface area contributed by atoms with Gasteiger partial charge in [0.1, 0.15) is 11.4 Å². The first-order valence-corrected chi connectivity index (χ1v) is 12.0. The van der Waals surface area contributed by atoms with Crippen molar-refractivity contribution in [2.45, 2.75) is 33.2 Å². The van der Waals surface area contributed by atoms with E-state index >= 15 is 0 Å². The van der Waals surface area contributed by atoms with E-state index < -0.39 is 0 Å². The highest BCUT2D eigenvalue weighted by molar-refractivity contribution is 7.17. The molecule has 4 rings (SSSR count). The van der Waals surface area contributed by atoms with Gasteiger partial charge in [0, 0.05) is 16.6 Å². The van der Waals surface area contributed by atoms with Crippen molar-refractivity contribution >= 4 is 33.1 Å². The summed E-state index contributed by atoms with van der Waals surface area (Å²) in [6.45, 7) is 3.99. The van der Waals surface area contributed by atoms with Gasteiger partial charge in [-0.15, -0.1) is 11.3 Å². The number of hydrogen-bond donors (Lipinski definition) is 1. The van der Waals surface area contributed by atoms with Crippen LogP contribution in [0.2, 0.25) is 0 Å². The van der Waals surface area contributed by atoms with Gasteiger partial charge in [-0.2, -0.15) is 0 Å². The first-order chi connectivity index (χ1) is 16.5. The van der Waals surface area contributed by atoms with Gasteiger partial charge < -0.3 is 14.8 Å². The molecule has 2 heterocycles. The lowest BCUT2D eigenvalue weighted by molar-refractivity contribution is -0.116. The van der Waals surface area contributed by atoms with E-state index in [1.54, 1.807) is 20.3 Å². The fraction of sp³-hybridized carbons (Fsp3) is 0.269. The number of amides is 1. The van der Waals surface area contributed by atoms with Crippen LogP contribution in [0.4, 0.5) is 5.69 Å². The zero-order valence-corrected chi connectivity index (χ0v) is 20.5. The molecule has 0 aliphatic carbocycles. The third-order valence-electron chi connectivity index (χ3n) is 5.83. The molecule has 0 fully saturated rings. The molecule has 0 spiro atoms. The summed E-state index contributed by atoms with van der Waals surface area (Å²) in [6, 6.07) is 11.5. The molecule has 0 aliphatic heterocycles. The first kappa shape index (κ1) is 23.5. The smallest absolute Gasteiger partial charge is 0.263 e. The minimum absolute atomic E-state index is 0.121. The van der Waals surface area contributed by atoms with Crippen LogP contribution in [0, 0.1) is 0 Å². The summed E-state index contributed by atoms with van der Waals surface area (Å²) in [5, 5.41) is 5.40. The molecule has 34 heavy (non-hydrogen) atoms. The number of aromatic nitrogens is 2. The van der Waals surface area contributed by atoms with E-state index in [0.29, 0.717) is 21.7 Å². The minimum Gasteiger partial charge on any atom is -0.493 e. The van der Waals surface area contributed by atoms with Crippen molar-refractivity contribution in [2.24, 2.45) is 0 Å². The number of anilines is 1. The van der Waals surface area contributed by atoms with Gasteiger partial charge in [0.05, 0.1) is 25.9 Å². The zero-order chi connectivity index (χ0) is 24.2. The molecule has 0 unspecified atom stereocenters. The SMILES string of the molecule is CCc1cccc(CC)c1NC(=O)Cn1cnc2scc(-c3ccc(OC)c(OC)c3)c2c1=O. The zero-order valence-electron chi connectivity index (χ0n) is 19.7. The van der Waals surface area contributed by atoms with Crippen LogP contribution in [-0.2, 0) is 24.2 Å². The highest BCUT2D eigenvalue weighted by Gasteiger charge is 2.17. The van der Waals surface area contributed by atoms with Gasteiger partial charge in [-0.05, 0) is 41.7 Å². The van der Waals surface area contributed by atoms with Crippen molar-refractivity contribution in [3.8, 4) is 22.6 Å². The van der Waals surface area contributed by atoms with E-state index in [2.05, 4.69) is 24.1 Å². The van der Waals surface area contributed by atoms with Gasteiger partial charge in [-0.25, -0.2) is 4.98 Å². The average molecular weight is 478 g/mol. The van der Waals surface area contributed by atoms with E-state index in [1.165, 1.54) is 22.2 Å². The summed E-state index contributed by atoms with van der Waals surface area (Å²) < 4.78 is 12.1. The van der Waals surface area contributed by atoms with Gasteiger partial charge in [0.2, 0.25) is 5.91 Å². The Labute approximate surface area is 202 Å². The number of rotatable bonds is 8. The van der Waals surface area contributed by atoms with E-state index in [9.17, 15) is 9.59 Å². The topological polar surface area (TPSA) is 82.5 Å². The lowest BCUT2D eigenvalue weighted by Crippen LogP contribution is -2.28. The summed E-state index contributed by atoms with van der Waals surface area (Å²) in [5.41, 5.74) is 4.28. The maximum atomic E-state index is 13.4. The summed E-state index contributed by atoms with van der Waals surface area (Å²) in [4.78, 5) is 31.4. The van der Waals surface area contributed by atoms with Crippen molar-refractivity contribution in [1.29, 1.82) is 0 Å². The Bertz CT molecular complexity index is 1380. The Morgan fingerprint density at radius 2 is 1.76 bits per heavy atom. The molecule has 0 bridgehead atoms. The molecule has 4 aromatic rings. The van der Waals surface area contributed by atoms with Crippen LogP contribution in [0.1, 0.15) is 25.0 Å². The average Bonchev–Trinajstić information content (AvgIpc) is 3.30. The van der Waals surface area contributed by atoms with Gasteiger partial charge in [0.25, 0.3) is 5.56 Å². The molecule has 0 radical (unpaired) electrons. The largest absolute Gasteiger partial charge is 0.493 e. The van der Waals surface area contributed by atoms with E-state index in [0.717, 1.165) is 40.8 Å². The number of methoxy groups -OCH3 is 2. The number of para-hydroxylation sites is 1. The van der Waals surface area contributed by atoms with Crippen molar-refractivity contribution in [3.63, 3.8) is 0 Å². The number of ether oxygens (including phenoxy) is 2. The van der Waals surface area contributed by atoms with Gasteiger partial charge in [0.15, 0.2) is 11.5 Å². The molecule has 8 heteroatoms. The van der Waals surface area contributed by atoms with Crippen molar-refractivity contribution in [1.82, 2.24) is 9.55 Å². The van der Waals surface area contributed by atoms with Gasteiger partial charge in [-0.3, -0.25) is 14.2 Å². The van der Waals surface area contributed by atoms with E-state index in [-0.39, 0.29) is 18.0 Å². The highest BCUT2D eigenvalue weighted by atomic mass is 32.1. The third kappa shape index (κ3) is 4.41. The van der Waals surface area contributed by atoms with Crippen molar-refractivity contribution in [2.75, 3.05) is 19.5 Å². The Kier molecular flexibility index (Phi) is 6.98. The number of hydrogen-bond acceptors (Lipinski definition) is 6. The summed E-state index contributed by atoms with van der Waals surface area (Å²) in [6.07, 6.45) is 3.05. The van der Waals surface area contributed by atoms with Crippen LogP contribution >= 0.6 is 11.3 Å². The van der Waals surface area contributed by atoms with Crippen LogP contribution in [0.15, 0.2) is 52.9 Å². The van der Waals surface area contributed by atoms with Crippen LogP contribution in [0.5, 0.6) is 11.5 Å². The minimum atomic E-state index is -0.262. The Morgan fingerprint density at radius 1 is 1.06 bits per heavy atom. The van der Waals surface area contributed by atoms with Crippen LogP contribution in [-0.4, -0.2) is 29.7 Å². The summed E-state index contributed by atoms with van der Waals surface area (Å²) >= 11 is 1.39. The number of benzene rings is 2. The number of fused-ring (bicyclic) bond motifs is 1. The van der Waals surface area contributed by atoms with Crippen LogP contribution in [0.3, 0.4) is 0 Å². The Hall–Kier alpha value is -3.65. The van der Waals surface area contributed by atoms with E-state index in [4.69, 9.17) is 9.47 Å². The number of aryl methyl sites for hydroxylation is 2. The predicted octanol–water partition coefficient (Wildman–Crippen LogP) is 4.91. The third-order valence-corrected chi connectivity index (χ3v) is 6.72. The summed E-state index contributed by atoms with van der Waals surface area (Å²) in [7, 11) is 3.15. The number of nitrogens with one attached hydrogen (secondary N) is 1. The molecular weight excluding hydrogens is 450 g/mol. The number of carbonyl (C=O) groups excluding carboxylic acids is 1. The van der Waals surface area contributed by atoms with Crippen LogP contribution in [0.25, 0.3) is 21.3 Å². The lowest BCUT2D eigenvalue weighted by Gasteiger charge is -2.15. The highest BCUT2D eigenvalue weighted by Crippen LogP contribution is 2.36. The fourth-order valence-electron chi connectivity index (χ4n) is 4.03. The van der Waals surface area contributed by atoms with Gasteiger partial charge >= 0.3 is 0 Å².